The highest BCUT2D eigenvalue weighted by atomic mass is 19.1. The number of halogens is 1. The van der Waals surface area contributed by atoms with Gasteiger partial charge in [-0.1, -0.05) is 42.0 Å². The van der Waals surface area contributed by atoms with Gasteiger partial charge in [0.05, 0.1) is 0 Å². The minimum Gasteiger partial charge on any atom is -0.313 e. The number of nitrogens with one attached hydrogen (secondary N) is 1. The van der Waals surface area contributed by atoms with E-state index in [1.165, 1.54) is 11.1 Å². The van der Waals surface area contributed by atoms with E-state index in [1.54, 1.807) is 6.07 Å². The Kier molecular flexibility index (Phi) is 4.91. The molecule has 2 heteroatoms. The molecule has 0 amide bonds. The average Bonchev–Trinajstić information content (AvgIpc) is 2.43. The largest absolute Gasteiger partial charge is 0.313 e. The molecule has 0 fully saturated rings. The molecule has 0 saturated carbocycles. The molecular weight excluding hydrogens is 249 g/mol. The van der Waals surface area contributed by atoms with Gasteiger partial charge in [0.2, 0.25) is 0 Å². The van der Waals surface area contributed by atoms with E-state index in [-0.39, 0.29) is 11.9 Å². The van der Waals surface area contributed by atoms with Crippen LogP contribution in [-0.4, -0.2) is 7.05 Å². The van der Waals surface area contributed by atoms with Crippen molar-refractivity contribution < 1.29 is 4.39 Å². The zero-order valence-electron chi connectivity index (χ0n) is 12.4. The molecule has 0 spiro atoms. The van der Waals surface area contributed by atoms with Crippen molar-refractivity contribution in [2.45, 2.75) is 32.7 Å². The smallest absolute Gasteiger partial charge is 0.126 e. The van der Waals surface area contributed by atoms with Gasteiger partial charge in [0, 0.05) is 6.04 Å². The Hall–Kier alpha value is -1.67. The van der Waals surface area contributed by atoms with Crippen LogP contribution in [-0.2, 0) is 6.42 Å². The molecule has 0 aliphatic carbocycles. The SMILES string of the molecule is CNC(CCc1cccc(C)c1)c1ccc(F)c(C)c1. The molecule has 0 aliphatic rings. The zero-order chi connectivity index (χ0) is 14.5. The van der Waals surface area contributed by atoms with Crippen molar-refractivity contribution in [1.82, 2.24) is 5.32 Å². The molecule has 2 aromatic carbocycles. The predicted octanol–water partition coefficient (Wildman–Crippen LogP) is 4.34. The van der Waals surface area contributed by atoms with Crippen LogP contribution in [0.2, 0.25) is 0 Å². The van der Waals surface area contributed by atoms with Crippen LogP contribution in [0.3, 0.4) is 0 Å². The summed E-state index contributed by atoms with van der Waals surface area (Å²) in [5, 5.41) is 3.33. The molecule has 0 radical (unpaired) electrons. The normalized spacial score (nSPS) is 12.4. The van der Waals surface area contributed by atoms with Crippen LogP contribution < -0.4 is 5.32 Å². The molecule has 1 atom stereocenters. The molecule has 0 bridgehead atoms. The number of hydrogen-bond donors (Lipinski definition) is 1. The molecule has 0 saturated heterocycles. The second-order valence-electron chi connectivity index (χ2n) is 5.38. The number of hydrogen-bond acceptors (Lipinski definition) is 1. The third kappa shape index (κ3) is 3.67. The number of benzene rings is 2. The standard InChI is InChI=1S/C18H22FN/c1-13-5-4-6-15(11-13)7-10-18(20-3)16-8-9-17(19)14(2)12-16/h4-6,8-9,11-12,18,20H,7,10H2,1-3H3. The third-order valence-electron chi connectivity index (χ3n) is 3.74. The fourth-order valence-corrected chi connectivity index (χ4v) is 2.54. The molecule has 20 heavy (non-hydrogen) atoms. The fourth-order valence-electron chi connectivity index (χ4n) is 2.54. The highest BCUT2D eigenvalue weighted by Gasteiger charge is 2.10. The lowest BCUT2D eigenvalue weighted by Crippen LogP contribution is -2.17. The maximum atomic E-state index is 13.3. The van der Waals surface area contributed by atoms with Crippen molar-refractivity contribution in [3.05, 3.63) is 70.5 Å². The van der Waals surface area contributed by atoms with Crippen LogP contribution >= 0.6 is 0 Å². The number of rotatable bonds is 5. The van der Waals surface area contributed by atoms with Gasteiger partial charge in [0.15, 0.2) is 0 Å². The second-order valence-corrected chi connectivity index (χ2v) is 5.38. The first-order valence-electron chi connectivity index (χ1n) is 7.09. The Morgan fingerprint density at radius 1 is 1.10 bits per heavy atom. The molecule has 0 aromatic heterocycles. The van der Waals surface area contributed by atoms with Crippen molar-refractivity contribution in [2.24, 2.45) is 0 Å². The van der Waals surface area contributed by atoms with Gasteiger partial charge in [-0.2, -0.15) is 0 Å². The van der Waals surface area contributed by atoms with Gasteiger partial charge in [0.25, 0.3) is 0 Å². The van der Waals surface area contributed by atoms with Gasteiger partial charge in [-0.3, -0.25) is 0 Å². The van der Waals surface area contributed by atoms with E-state index in [4.69, 9.17) is 0 Å². The first-order chi connectivity index (χ1) is 9.60. The summed E-state index contributed by atoms with van der Waals surface area (Å²) < 4.78 is 13.3. The molecule has 1 unspecified atom stereocenters. The minimum absolute atomic E-state index is 0.137. The minimum atomic E-state index is -0.137. The second kappa shape index (κ2) is 6.67. The maximum Gasteiger partial charge on any atom is 0.126 e. The van der Waals surface area contributed by atoms with Crippen molar-refractivity contribution in [3.8, 4) is 0 Å². The Labute approximate surface area is 120 Å². The molecule has 1 nitrogen and oxygen atoms in total. The topological polar surface area (TPSA) is 12.0 Å². The van der Waals surface area contributed by atoms with Crippen LogP contribution in [0.4, 0.5) is 4.39 Å². The van der Waals surface area contributed by atoms with Crippen LogP contribution in [0.25, 0.3) is 0 Å². The van der Waals surface area contributed by atoms with E-state index in [2.05, 4.69) is 36.5 Å². The summed E-state index contributed by atoms with van der Waals surface area (Å²) in [6, 6.07) is 14.2. The van der Waals surface area contributed by atoms with Crippen molar-refractivity contribution >= 4 is 0 Å². The Balaban J connectivity index is 2.07. The van der Waals surface area contributed by atoms with Crippen molar-refractivity contribution in [1.29, 1.82) is 0 Å². The Morgan fingerprint density at radius 3 is 2.55 bits per heavy atom. The van der Waals surface area contributed by atoms with E-state index in [9.17, 15) is 4.39 Å². The number of aryl methyl sites for hydroxylation is 3. The van der Waals surface area contributed by atoms with Crippen LogP contribution in [0.1, 0.15) is 34.7 Å². The highest BCUT2D eigenvalue weighted by molar-refractivity contribution is 5.27. The Morgan fingerprint density at radius 2 is 1.90 bits per heavy atom. The lowest BCUT2D eigenvalue weighted by atomic mass is 9.97. The lowest BCUT2D eigenvalue weighted by molar-refractivity contribution is 0.545. The van der Waals surface area contributed by atoms with Gasteiger partial charge in [-0.25, -0.2) is 4.39 Å². The summed E-state index contributed by atoms with van der Waals surface area (Å²) >= 11 is 0. The lowest BCUT2D eigenvalue weighted by Gasteiger charge is -2.17. The van der Waals surface area contributed by atoms with Gasteiger partial charge >= 0.3 is 0 Å². The van der Waals surface area contributed by atoms with Crippen LogP contribution in [0, 0.1) is 19.7 Å². The van der Waals surface area contributed by atoms with Gasteiger partial charge in [0.1, 0.15) is 5.82 Å². The molecule has 1 N–H and O–H groups in total. The van der Waals surface area contributed by atoms with Gasteiger partial charge < -0.3 is 5.32 Å². The fraction of sp³-hybridized carbons (Fsp3) is 0.333. The molecule has 2 aromatic rings. The molecule has 0 aliphatic heterocycles. The maximum absolute atomic E-state index is 13.3. The first kappa shape index (κ1) is 14.7. The van der Waals surface area contributed by atoms with Crippen LogP contribution in [0.5, 0.6) is 0 Å². The van der Waals surface area contributed by atoms with E-state index >= 15 is 0 Å². The van der Waals surface area contributed by atoms with E-state index in [0.717, 1.165) is 18.4 Å². The molecule has 0 heterocycles. The van der Waals surface area contributed by atoms with Crippen molar-refractivity contribution in [3.63, 3.8) is 0 Å². The van der Waals surface area contributed by atoms with Gasteiger partial charge in [-0.05, 0) is 56.5 Å². The third-order valence-corrected chi connectivity index (χ3v) is 3.74. The van der Waals surface area contributed by atoms with Gasteiger partial charge in [-0.15, -0.1) is 0 Å². The zero-order valence-corrected chi connectivity index (χ0v) is 12.4. The summed E-state index contributed by atoms with van der Waals surface area (Å²) in [5.41, 5.74) is 4.50. The summed E-state index contributed by atoms with van der Waals surface area (Å²) in [6.07, 6.45) is 2.02. The summed E-state index contributed by atoms with van der Waals surface area (Å²) in [5.74, 6) is -0.137. The Bertz CT molecular complexity index is 577. The van der Waals surface area contributed by atoms with Crippen molar-refractivity contribution in [2.75, 3.05) is 7.05 Å². The van der Waals surface area contributed by atoms with E-state index in [1.807, 2.05) is 26.1 Å². The van der Waals surface area contributed by atoms with Crippen LogP contribution in [0.15, 0.2) is 42.5 Å². The first-order valence-corrected chi connectivity index (χ1v) is 7.09. The summed E-state index contributed by atoms with van der Waals surface area (Å²) in [6.45, 7) is 3.93. The summed E-state index contributed by atoms with van der Waals surface area (Å²) in [4.78, 5) is 0. The molecular formula is C18H22FN. The average molecular weight is 271 g/mol. The molecule has 106 valence electrons. The van der Waals surface area contributed by atoms with E-state index in [0.29, 0.717) is 5.56 Å². The monoisotopic (exact) mass is 271 g/mol. The van der Waals surface area contributed by atoms with E-state index < -0.39 is 0 Å². The quantitative estimate of drug-likeness (QED) is 0.853. The molecule has 2 rings (SSSR count). The predicted molar refractivity (Wildman–Crippen MR) is 82.4 cm³/mol. The summed E-state index contributed by atoms with van der Waals surface area (Å²) in [7, 11) is 1.96. The highest BCUT2D eigenvalue weighted by Crippen LogP contribution is 2.21.